The van der Waals surface area contributed by atoms with Gasteiger partial charge in [-0.1, -0.05) is 32.9 Å². The van der Waals surface area contributed by atoms with Crippen molar-refractivity contribution in [3.8, 4) is 0 Å². The van der Waals surface area contributed by atoms with Crippen LogP contribution >= 0.6 is 0 Å². The van der Waals surface area contributed by atoms with Crippen LogP contribution in [0, 0.1) is 6.92 Å². The third kappa shape index (κ3) is 6.93. The number of likely N-dealkylation sites (tertiary alicyclic amines) is 1. The molecular formula is C14H26F3N3O. The van der Waals surface area contributed by atoms with E-state index in [0.717, 1.165) is 12.8 Å². The summed E-state index contributed by atoms with van der Waals surface area (Å²) >= 11 is 0. The highest BCUT2D eigenvalue weighted by molar-refractivity contribution is 4.95. The Hall–Kier alpha value is -1.11. The van der Waals surface area contributed by atoms with Gasteiger partial charge in [0.25, 0.3) is 0 Å². The molecule has 4 nitrogen and oxygen atoms in total. The number of aryl methyl sites for hydroxylation is 1. The highest BCUT2D eigenvalue weighted by Crippen LogP contribution is 2.32. The van der Waals surface area contributed by atoms with Crippen LogP contribution in [-0.4, -0.2) is 34.3 Å². The molecule has 1 aliphatic rings. The predicted octanol–water partition coefficient (Wildman–Crippen LogP) is 4.52. The molecule has 0 amide bonds. The van der Waals surface area contributed by atoms with E-state index < -0.39 is 12.6 Å². The molecule has 1 saturated heterocycles. The molecule has 0 radical (unpaired) electrons. The van der Waals surface area contributed by atoms with Crippen LogP contribution < -0.4 is 0 Å². The molecule has 1 atom stereocenters. The van der Waals surface area contributed by atoms with Gasteiger partial charge in [0.05, 0.1) is 12.5 Å². The molecular weight excluding hydrogens is 283 g/mol. The van der Waals surface area contributed by atoms with E-state index in [1.807, 2.05) is 27.7 Å². The number of rotatable bonds is 3. The second-order valence-corrected chi connectivity index (χ2v) is 4.24. The number of alkyl halides is 3. The van der Waals surface area contributed by atoms with E-state index in [9.17, 15) is 13.2 Å². The van der Waals surface area contributed by atoms with Crippen molar-refractivity contribution in [1.29, 1.82) is 0 Å². The largest absolute Gasteiger partial charge is 0.390 e. The Bertz CT molecular complexity index is 380. The zero-order chi connectivity index (χ0) is 16.5. The Morgan fingerprint density at radius 2 is 1.86 bits per heavy atom. The van der Waals surface area contributed by atoms with Gasteiger partial charge in [0.15, 0.2) is 5.82 Å². The lowest BCUT2D eigenvalue weighted by Gasteiger charge is -2.21. The lowest BCUT2D eigenvalue weighted by Crippen LogP contribution is -2.28. The second kappa shape index (κ2) is 9.76. The average Bonchev–Trinajstić information content (AvgIpc) is 3.08. The summed E-state index contributed by atoms with van der Waals surface area (Å²) in [5, 5.41) is 3.67. The van der Waals surface area contributed by atoms with Crippen LogP contribution in [0.15, 0.2) is 4.52 Å². The molecule has 0 saturated carbocycles. The molecule has 7 heteroatoms. The average molecular weight is 309 g/mol. The monoisotopic (exact) mass is 309 g/mol. The molecule has 2 rings (SSSR count). The van der Waals surface area contributed by atoms with Crippen molar-refractivity contribution in [1.82, 2.24) is 15.0 Å². The zero-order valence-electron chi connectivity index (χ0n) is 13.5. The first kappa shape index (κ1) is 19.9. The number of aromatic nitrogens is 2. The summed E-state index contributed by atoms with van der Waals surface area (Å²) in [6.07, 6.45) is -3.27. The van der Waals surface area contributed by atoms with Gasteiger partial charge >= 0.3 is 6.18 Å². The second-order valence-electron chi connectivity index (χ2n) is 4.24. The number of nitrogens with zero attached hydrogens (tertiary/aromatic N) is 3. The van der Waals surface area contributed by atoms with E-state index in [4.69, 9.17) is 4.52 Å². The molecule has 0 N–H and O–H groups in total. The molecule has 0 bridgehead atoms. The fourth-order valence-electron chi connectivity index (χ4n) is 2.09. The summed E-state index contributed by atoms with van der Waals surface area (Å²) in [6.45, 7) is 10.3. The van der Waals surface area contributed by atoms with Crippen LogP contribution in [0.3, 0.4) is 0 Å². The van der Waals surface area contributed by atoms with Gasteiger partial charge < -0.3 is 4.52 Å². The number of hydrogen-bond donors (Lipinski definition) is 0. The summed E-state index contributed by atoms with van der Waals surface area (Å²) in [6, 6.07) is -0.154. The number of halogens is 3. The van der Waals surface area contributed by atoms with E-state index >= 15 is 0 Å². The molecule has 1 aromatic rings. The fourth-order valence-corrected chi connectivity index (χ4v) is 2.09. The zero-order valence-corrected chi connectivity index (χ0v) is 13.5. The summed E-state index contributed by atoms with van der Waals surface area (Å²) < 4.78 is 41.5. The van der Waals surface area contributed by atoms with Gasteiger partial charge in [0.1, 0.15) is 0 Å². The molecule has 0 aliphatic carbocycles. The van der Waals surface area contributed by atoms with Gasteiger partial charge in [-0.2, -0.15) is 18.2 Å². The summed E-state index contributed by atoms with van der Waals surface area (Å²) in [5.74, 6) is 0.949. The lowest BCUT2D eigenvalue weighted by atomic mass is 10.2. The van der Waals surface area contributed by atoms with Crippen molar-refractivity contribution < 1.29 is 17.7 Å². The molecule has 124 valence electrons. The summed E-state index contributed by atoms with van der Waals surface area (Å²) in [5.41, 5.74) is 0. The smallest absolute Gasteiger partial charge is 0.338 e. The molecule has 1 fully saturated rings. The molecule has 1 unspecified atom stereocenters. The first-order chi connectivity index (χ1) is 9.96. The van der Waals surface area contributed by atoms with E-state index in [2.05, 4.69) is 10.1 Å². The molecule has 1 aliphatic heterocycles. The van der Waals surface area contributed by atoms with Gasteiger partial charge in [-0.05, 0) is 26.3 Å². The Kier molecular flexibility index (Phi) is 9.24. The molecule has 2 heterocycles. The minimum atomic E-state index is -4.11. The van der Waals surface area contributed by atoms with E-state index in [-0.39, 0.29) is 12.6 Å². The van der Waals surface area contributed by atoms with Crippen LogP contribution in [0.25, 0.3) is 0 Å². The molecule has 0 spiro atoms. The molecule has 1 aromatic heterocycles. The highest BCUT2D eigenvalue weighted by atomic mass is 19.4. The number of hydrogen-bond acceptors (Lipinski definition) is 4. The van der Waals surface area contributed by atoms with Gasteiger partial charge in [-0.25, -0.2) is 0 Å². The van der Waals surface area contributed by atoms with Crippen LogP contribution in [0.5, 0.6) is 0 Å². The van der Waals surface area contributed by atoms with Gasteiger partial charge in [-0.15, -0.1) is 0 Å². The third-order valence-corrected chi connectivity index (χ3v) is 2.87. The molecule has 21 heavy (non-hydrogen) atoms. The van der Waals surface area contributed by atoms with Crippen LogP contribution in [-0.2, 0) is 0 Å². The van der Waals surface area contributed by atoms with Crippen LogP contribution in [0.4, 0.5) is 13.2 Å². The maximum absolute atomic E-state index is 12.2. The maximum atomic E-state index is 12.2. The summed E-state index contributed by atoms with van der Waals surface area (Å²) in [4.78, 5) is 5.85. The van der Waals surface area contributed by atoms with E-state index in [0.29, 0.717) is 18.3 Å². The van der Waals surface area contributed by atoms with Crippen molar-refractivity contribution in [2.45, 2.75) is 66.1 Å². The maximum Gasteiger partial charge on any atom is 0.390 e. The quantitative estimate of drug-likeness (QED) is 0.823. The minimum absolute atomic E-state index is 0.00437. The Morgan fingerprint density at radius 1 is 1.24 bits per heavy atom. The topological polar surface area (TPSA) is 42.2 Å². The van der Waals surface area contributed by atoms with Crippen LogP contribution in [0.1, 0.15) is 64.7 Å². The van der Waals surface area contributed by atoms with E-state index in [1.165, 1.54) is 0 Å². The fraction of sp³-hybridized carbons (Fsp3) is 0.857. The Morgan fingerprint density at radius 3 is 2.33 bits per heavy atom. The van der Waals surface area contributed by atoms with Crippen molar-refractivity contribution in [3.63, 3.8) is 0 Å². The van der Waals surface area contributed by atoms with Gasteiger partial charge in [0, 0.05) is 6.54 Å². The van der Waals surface area contributed by atoms with E-state index in [1.54, 1.807) is 11.8 Å². The Labute approximate surface area is 124 Å². The first-order valence-corrected chi connectivity index (χ1v) is 7.57. The van der Waals surface area contributed by atoms with Gasteiger partial charge in [0.2, 0.25) is 5.89 Å². The minimum Gasteiger partial charge on any atom is -0.338 e. The van der Waals surface area contributed by atoms with Crippen molar-refractivity contribution >= 4 is 0 Å². The normalized spacial score (nSPS) is 18.6. The highest BCUT2D eigenvalue weighted by Gasteiger charge is 2.34. The third-order valence-electron chi connectivity index (χ3n) is 2.87. The van der Waals surface area contributed by atoms with Gasteiger partial charge in [-0.3, -0.25) is 4.90 Å². The summed E-state index contributed by atoms with van der Waals surface area (Å²) in [7, 11) is 0. The van der Waals surface area contributed by atoms with Crippen LogP contribution in [0.2, 0.25) is 0 Å². The van der Waals surface area contributed by atoms with Crippen molar-refractivity contribution in [2.24, 2.45) is 0 Å². The molecule has 0 aromatic carbocycles. The lowest BCUT2D eigenvalue weighted by molar-refractivity contribution is -0.138. The SMILES string of the molecule is CC.CC.Cc1noc(C2CCCN2CCC(F)(F)F)n1. The Balaban J connectivity index is 0.000000921. The van der Waals surface area contributed by atoms with Crippen molar-refractivity contribution in [2.75, 3.05) is 13.1 Å². The predicted molar refractivity (Wildman–Crippen MR) is 76.0 cm³/mol. The first-order valence-electron chi connectivity index (χ1n) is 7.57. The standard InChI is InChI=1S/C10H14F3N3O.2C2H6/c1-7-14-9(17-15-7)8-3-2-5-16(8)6-4-10(11,12)13;2*1-2/h8H,2-6H2,1H3;2*1-2H3. The van der Waals surface area contributed by atoms with Crippen molar-refractivity contribution in [3.05, 3.63) is 11.7 Å².